The van der Waals surface area contributed by atoms with Crippen molar-refractivity contribution in [2.24, 2.45) is 11.7 Å². The maximum atomic E-state index is 11.8. The summed E-state index contributed by atoms with van der Waals surface area (Å²) in [6, 6.07) is -2.48. The van der Waals surface area contributed by atoms with E-state index in [0.717, 1.165) is 0 Å². The largest absolute Gasteiger partial charge is 0.394 e. The Morgan fingerprint density at radius 1 is 1.22 bits per heavy atom. The summed E-state index contributed by atoms with van der Waals surface area (Å²) in [6.07, 6.45) is 0.594. The molecule has 5 N–H and O–H groups in total. The number of nitrogens with one attached hydrogen (secondary N) is 2. The second-order valence-corrected chi connectivity index (χ2v) is 4.45. The summed E-state index contributed by atoms with van der Waals surface area (Å²) in [5.41, 5.74) is 5.34. The summed E-state index contributed by atoms with van der Waals surface area (Å²) in [5, 5.41) is 13.6. The smallest absolute Gasteiger partial charge is 0.243 e. The fraction of sp³-hybridized carbons (Fsp3) is 0.727. The van der Waals surface area contributed by atoms with E-state index in [0.29, 0.717) is 6.29 Å². The third-order valence-corrected chi connectivity index (χ3v) is 2.35. The van der Waals surface area contributed by atoms with Crippen LogP contribution in [0.4, 0.5) is 0 Å². The highest BCUT2D eigenvalue weighted by atomic mass is 16.3. The van der Waals surface area contributed by atoms with Gasteiger partial charge in [-0.3, -0.25) is 9.59 Å². The second kappa shape index (κ2) is 7.78. The van der Waals surface area contributed by atoms with Crippen molar-refractivity contribution in [3.8, 4) is 0 Å². The van der Waals surface area contributed by atoms with Gasteiger partial charge in [-0.25, -0.2) is 0 Å². The highest BCUT2D eigenvalue weighted by Gasteiger charge is 2.26. The molecule has 0 saturated carbocycles. The Labute approximate surface area is 106 Å². The van der Waals surface area contributed by atoms with E-state index in [1.807, 2.05) is 0 Å². The number of nitrogens with two attached hydrogens (primary N) is 1. The van der Waals surface area contributed by atoms with Gasteiger partial charge >= 0.3 is 0 Å². The van der Waals surface area contributed by atoms with Crippen LogP contribution in [0.2, 0.25) is 0 Å². The van der Waals surface area contributed by atoms with Crippen LogP contribution in [0.25, 0.3) is 0 Å². The summed E-state index contributed by atoms with van der Waals surface area (Å²) in [7, 11) is 0. The van der Waals surface area contributed by atoms with E-state index < -0.39 is 36.5 Å². The first-order chi connectivity index (χ1) is 8.33. The Balaban J connectivity index is 4.61. The van der Waals surface area contributed by atoms with E-state index in [1.165, 1.54) is 6.92 Å². The summed E-state index contributed by atoms with van der Waals surface area (Å²) in [5.74, 6) is -1.23. The number of aldehydes is 1. The fourth-order valence-corrected chi connectivity index (χ4v) is 1.23. The molecule has 0 unspecified atom stereocenters. The van der Waals surface area contributed by atoms with E-state index in [1.54, 1.807) is 13.8 Å². The molecule has 0 aliphatic heterocycles. The summed E-state index contributed by atoms with van der Waals surface area (Å²) >= 11 is 0. The summed E-state index contributed by atoms with van der Waals surface area (Å²) in [6.45, 7) is 4.54. The lowest BCUT2D eigenvalue weighted by atomic mass is 10.0. The van der Waals surface area contributed by atoms with Crippen LogP contribution in [0, 0.1) is 5.92 Å². The minimum atomic E-state index is -1.07. The highest BCUT2D eigenvalue weighted by molar-refractivity contribution is 5.90. The van der Waals surface area contributed by atoms with Crippen LogP contribution >= 0.6 is 0 Å². The lowest BCUT2D eigenvalue weighted by molar-refractivity contribution is -0.131. The van der Waals surface area contributed by atoms with Gasteiger partial charge in [0.1, 0.15) is 18.4 Å². The lowest BCUT2D eigenvalue weighted by Gasteiger charge is -2.23. The molecule has 7 nitrogen and oxygen atoms in total. The maximum Gasteiger partial charge on any atom is 0.243 e. The number of carbonyl (C=O) groups is 3. The highest BCUT2D eigenvalue weighted by Crippen LogP contribution is 2.02. The third kappa shape index (κ3) is 5.24. The molecule has 0 heterocycles. The molecule has 104 valence electrons. The molecule has 0 spiro atoms. The van der Waals surface area contributed by atoms with Crippen LogP contribution in [0.3, 0.4) is 0 Å². The first-order valence-corrected chi connectivity index (χ1v) is 5.76. The molecule has 0 aromatic carbocycles. The number of aliphatic hydroxyl groups excluding tert-OH is 1. The molecular formula is C11H21N3O4. The minimum absolute atomic E-state index is 0.168. The predicted molar refractivity (Wildman–Crippen MR) is 65.5 cm³/mol. The minimum Gasteiger partial charge on any atom is -0.394 e. The van der Waals surface area contributed by atoms with Gasteiger partial charge in [-0.15, -0.1) is 0 Å². The van der Waals surface area contributed by atoms with Crippen molar-refractivity contribution in [1.82, 2.24) is 10.6 Å². The molecule has 0 rings (SSSR count). The first kappa shape index (κ1) is 16.5. The van der Waals surface area contributed by atoms with Gasteiger partial charge in [-0.2, -0.15) is 0 Å². The second-order valence-electron chi connectivity index (χ2n) is 4.45. The van der Waals surface area contributed by atoms with Gasteiger partial charge in [0, 0.05) is 0 Å². The average Bonchev–Trinajstić information content (AvgIpc) is 2.33. The number of hydrogen-bond donors (Lipinski definition) is 4. The number of rotatable bonds is 7. The summed E-state index contributed by atoms with van der Waals surface area (Å²) < 4.78 is 0. The van der Waals surface area contributed by atoms with Gasteiger partial charge in [0.15, 0.2) is 0 Å². The Bertz CT molecular complexity index is 307. The van der Waals surface area contributed by atoms with Crippen molar-refractivity contribution >= 4 is 18.1 Å². The van der Waals surface area contributed by atoms with E-state index >= 15 is 0 Å². The Morgan fingerprint density at radius 3 is 2.17 bits per heavy atom. The zero-order valence-electron chi connectivity index (χ0n) is 10.8. The SMILES string of the molecule is CC(C)[C@H](NC(=O)[C@@H](N)CO)C(=O)N[C@@H](C)C=O. The molecule has 0 aromatic rings. The van der Waals surface area contributed by atoms with Crippen LogP contribution in [0.15, 0.2) is 0 Å². The topological polar surface area (TPSA) is 122 Å². The van der Waals surface area contributed by atoms with Gasteiger partial charge in [0.25, 0.3) is 0 Å². The quantitative estimate of drug-likeness (QED) is 0.400. The zero-order chi connectivity index (χ0) is 14.3. The Kier molecular flexibility index (Phi) is 7.14. The predicted octanol–water partition coefficient (Wildman–Crippen LogP) is -1.85. The molecule has 0 aromatic heterocycles. The van der Waals surface area contributed by atoms with Crippen molar-refractivity contribution in [3.63, 3.8) is 0 Å². The van der Waals surface area contributed by atoms with Gasteiger partial charge in [-0.05, 0) is 12.8 Å². The fourth-order valence-electron chi connectivity index (χ4n) is 1.23. The van der Waals surface area contributed by atoms with E-state index in [-0.39, 0.29) is 5.92 Å². The maximum absolute atomic E-state index is 11.8. The van der Waals surface area contributed by atoms with E-state index in [2.05, 4.69) is 10.6 Å². The number of carbonyl (C=O) groups excluding carboxylic acids is 3. The molecule has 0 radical (unpaired) electrons. The van der Waals surface area contributed by atoms with Crippen LogP contribution < -0.4 is 16.4 Å². The number of aliphatic hydroxyl groups is 1. The standard InChI is InChI=1S/C11H21N3O4/c1-6(2)9(11(18)13-7(3)4-15)14-10(17)8(12)5-16/h4,6-9,16H,5,12H2,1-3H3,(H,13,18)(H,14,17)/t7-,8-,9-/m0/s1. The third-order valence-electron chi connectivity index (χ3n) is 2.35. The van der Waals surface area contributed by atoms with Crippen LogP contribution in [0.5, 0.6) is 0 Å². The van der Waals surface area contributed by atoms with Crippen LogP contribution in [-0.4, -0.2) is 47.9 Å². The molecule has 3 atom stereocenters. The number of hydrogen-bond acceptors (Lipinski definition) is 5. The van der Waals surface area contributed by atoms with Crippen molar-refractivity contribution in [3.05, 3.63) is 0 Å². The zero-order valence-corrected chi connectivity index (χ0v) is 10.8. The monoisotopic (exact) mass is 259 g/mol. The van der Waals surface area contributed by atoms with E-state index in [9.17, 15) is 14.4 Å². The van der Waals surface area contributed by atoms with Gasteiger partial charge < -0.3 is 26.3 Å². The normalized spacial score (nSPS) is 15.7. The van der Waals surface area contributed by atoms with E-state index in [4.69, 9.17) is 10.8 Å². The van der Waals surface area contributed by atoms with Gasteiger partial charge in [0.2, 0.25) is 11.8 Å². The van der Waals surface area contributed by atoms with Crippen LogP contribution in [-0.2, 0) is 14.4 Å². The van der Waals surface area contributed by atoms with Crippen molar-refractivity contribution < 1.29 is 19.5 Å². The lowest BCUT2D eigenvalue weighted by Crippen LogP contribution is -2.55. The molecule has 7 heteroatoms. The van der Waals surface area contributed by atoms with Crippen molar-refractivity contribution in [2.75, 3.05) is 6.61 Å². The molecule has 0 bridgehead atoms. The van der Waals surface area contributed by atoms with Gasteiger partial charge in [0.05, 0.1) is 12.6 Å². The Hall–Kier alpha value is -1.47. The molecule has 0 saturated heterocycles. The summed E-state index contributed by atoms with van der Waals surface area (Å²) in [4.78, 5) is 33.8. The molecular weight excluding hydrogens is 238 g/mol. The molecule has 0 fully saturated rings. The van der Waals surface area contributed by atoms with Gasteiger partial charge in [-0.1, -0.05) is 13.8 Å². The average molecular weight is 259 g/mol. The van der Waals surface area contributed by atoms with Crippen molar-refractivity contribution in [1.29, 1.82) is 0 Å². The number of amides is 2. The van der Waals surface area contributed by atoms with Crippen LogP contribution in [0.1, 0.15) is 20.8 Å². The molecule has 0 aliphatic rings. The van der Waals surface area contributed by atoms with Crippen molar-refractivity contribution in [2.45, 2.75) is 38.9 Å². The molecule has 0 aliphatic carbocycles. The Morgan fingerprint density at radius 2 is 1.78 bits per heavy atom. The molecule has 2 amide bonds. The molecule has 18 heavy (non-hydrogen) atoms. The first-order valence-electron chi connectivity index (χ1n) is 5.76.